The van der Waals surface area contributed by atoms with E-state index in [1.165, 1.54) is 11.1 Å². The van der Waals surface area contributed by atoms with E-state index in [0.717, 1.165) is 49.0 Å². The van der Waals surface area contributed by atoms with Crippen LogP contribution in [-0.2, 0) is 24.3 Å². The summed E-state index contributed by atoms with van der Waals surface area (Å²) < 4.78 is 0. The number of hydrogen-bond donors (Lipinski definition) is 2. The number of carbonyl (C=O) groups excluding carboxylic acids is 1. The lowest BCUT2D eigenvalue weighted by Gasteiger charge is -2.18. The Balaban J connectivity index is 0.00000320. The number of amides is 1. The van der Waals surface area contributed by atoms with E-state index in [1.807, 2.05) is 35.2 Å². The molecule has 1 amide bonds. The van der Waals surface area contributed by atoms with E-state index in [4.69, 9.17) is 16.6 Å². The second-order valence-electron chi connectivity index (χ2n) is 7.19. The first-order valence-corrected chi connectivity index (χ1v) is 10.6. The molecule has 30 heavy (non-hydrogen) atoms. The molecular formula is C23H30ClIN4O. The maximum atomic E-state index is 12.0. The lowest BCUT2D eigenvalue weighted by Crippen LogP contribution is -2.38. The van der Waals surface area contributed by atoms with E-state index < -0.39 is 0 Å². The van der Waals surface area contributed by atoms with E-state index >= 15 is 0 Å². The molecule has 1 aliphatic heterocycles. The molecule has 0 radical (unpaired) electrons. The number of halogens is 2. The number of nitrogens with zero attached hydrogens (tertiary/aromatic N) is 2. The Hall–Kier alpha value is -1.80. The van der Waals surface area contributed by atoms with Gasteiger partial charge in [0.05, 0.1) is 6.54 Å². The zero-order valence-corrected chi connectivity index (χ0v) is 20.5. The monoisotopic (exact) mass is 540 g/mol. The van der Waals surface area contributed by atoms with Crippen molar-refractivity contribution in [3.63, 3.8) is 0 Å². The highest BCUT2D eigenvalue weighted by Gasteiger charge is 2.20. The summed E-state index contributed by atoms with van der Waals surface area (Å²) in [5.41, 5.74) is 3.52. The van der Waals surface area contributed by atoms with Gasteiger partial charge in [0.1, 0.15) is 0 Å². The molecule has 1 heterocycles. The van der Waals surface area contributed by atoms with E-state index in [1.54, 1.807) is 0 Å². The molecule has 162 valence electrons. The minimum Gasteiger partial charge on any atom is -0.357 e. The number of carbonyl (C=O) groups is 1. The second kappa shape index (κ2) is 12.8. The summed E-state index contributed by atoms with van der Waals surface area (Å²) in [5, 5.41) is 7.45. The Morgan fingerprint density at radius 3 is 2.63 bits per heavy atom. The highest BCUT2D eigenvalue weighted by atomic mass is 127. The summed E-state index contributed by atoms with van der Waals surface area (Å²) in [4.78, 5) is 18.7. The average molecular weight is 541 g/mol. The third kappa shape index (κ3) is 7.47. The molecule has 0 aliphatic carbocycles. The first kappa shape index (κ1) is 24.5. The molecule has 0 bridgehead atoms. The average Bonchev–Trinajstić information content (AvgIpc) is 3.12. The van der Waals surface area contributed by atoms with Crippen LogP contribution in [0.5, 0.6) is 0 Å². The molecule has 0 saturated carbocycles. The van der Waals surface area contributed by atoms with Crippen LogP contribution in [0.2, 0.25) is 5.02 Å². The number of aliphatic imine (C=N–C) groups is 1. The van der Waals surface area contributed by atoms with Crippen molar-refractivity contribution in [3.05, 3.63) is 70.2 Å². The number of benzene rings is 2. The Kier molecular flexibility index (Phi) is 10.4. The number of likely N-dealkylation sites (tertiary alicyclic amines) is 1. The van der Waals surface area contributed by atoms with Crippen molar-refractivity contribution in [2.45, 2.75) is 39.3 Å². The second-order valence-corrected chi connectivity index (χ2v) is 7.63. The van der Waals surface area contributed by atoms with Crippen LogP contribution in [0.1, 0.15) is 36.5 Å². The Morgan fingerprint density at radius 2 is 1.93 bits per heavy atom. The van der Waals surface area contributed by atoms with Crippen LogP contribution in [0.15, 0.2) is 53.5 Å². The fourth-order valence-corrected chi connectivity index (χ4v) is 3.68. The molecular weight excluding hydrogens is 511 g/mol. The van der Waals surface area contributed by atoms with Gasteiger partial charge in [-0.2, -0.15) is 0 Å². The van der Waals surface area contributed by atoms with Gasteiger partial charge in [-0.25, -0.2) is 4.99 Å². The maximum Gasteiger partial charge on any atom is 0.222 e. The Labute approximate surface area is 201 Å². The number of rotatable bonds is 8. The summed E-state index contributed by atoms with van der Waals surface area (Å²) in [5.74, 6) is 1.04. The summed E-state index contributed by atoms with van der Waals surface area (Å²) in [6.07, 6.45) is 2.50. The molecule has 0 atom stereocenters. The van der Waals surface area contributed by atoms with Gasteiger partial charge in [0.25, 0.3) is 0 Å². The lowest BCUT2D eigenvalue weighted by molar-refractivity contribution is -0.128. The largest absolute Gasteiger partial charge is 0.357 e. The quantitative estimate of drug-likeness (QED) is 0.297. The molecule has 1 fully saturated rings. The van der Waals surface area contributed by atoms with Gasteiger partial charge in [0.2, 0.25) is 5.91 Å². The molecule has 3 rings (SSSR count). The standard InChI is InChI=1S/C23H29ClN4O.HI/c1-2-25-23(26-13-12-18-7-5-10-21(24)15-18)27-16-19-8-3-4-9-20(19)17-28-14-6-11-22(28)29;/h3-5,7-10,15H,2,6,11-14,16-17H2,1H3,(H2,25,26,27);1H. The van der Waals surface area contributed by atoms with Gasteiger partial charge in [-0.3, -0.25) is 4.79 Å². The molecule has 2 N–H and O–H groups in total. The van der Waals surface area contributed by atoms with Gasteiger partial charge >= 0.3 is 0 Å². The molecule has 0 aromatic heterocycles. The van der Waals surface area contributed by atoms with Crippen LogP contribution in [0.4, 0.5) is 0 Å². The Morgan fingerprint density at radius 1 is 1.13 bits per heavy atom. The zero-order valence-electron chi connectivity index (χ0n) is 17.4. The van der Waals surface area contributed by atoms with E-state index in [9.17, 15) is 4.79 Å². The minimum atomic E-state index is 0. The smallest absolute Gasteiger partial charge is 0.222 e. The SMILES string of the molecule is CCNC(=NCc1ccccc1CN1CCCC1=O)NCCc1cccc(Cl)c1.I. The van der Waals surface area contributed by atoms with Gasteiger partial charge in [-0.15, -0.1) is 24.0 Å². The van der Waals surface area contributed by atoms with Crippen molar-refractivity contribution in [2.24, 2.45) is 4.99 Å². The van der Waals surface area contributed by atoms with E-state index in [0.29, 0.717) is 19.5 Å². The Bertz CT molecular complexity index is 859. The third-order valence-electron chi connectivity index (χ3n) is 5.00. The molecule has 5 nitrogen and oxygen atoms in total. The molecule has 1 saturated heterocycles. The molecule has 0 unspecified atom stereocenters. The highest BCUT2D eigenvalue weighted by molar-refractivity contribution is 14.0. The van der Waals surface area contributed by atoms with Gasteiger partial charge in [0, 0.05) is 37.6 Å². The van der Waals surface area contributed by atoms with Crippen molar-refractivity contribution in [2.75, 3.05) is 19.6 Å². The molecule has 2 aromatic rings. The molecule has 0 spiro atoms. The summed E-state index contributed by atoms with van der Waals surface area (Å²) in [7, 11) is 0. The van der Waals surface area contributed by atoms with Gasteiger partial charge in [-0.05, 0) is 48.6 Å². The van der Waals surface area contributed by atoms with Crippen LogP contribution >= 0.6 is 35.6 Å². The lowest BCUT2D eigenvalue weighted by atomic mass is 10.1. The first-order chi connectivity index (χ1) is 14.2. The van der Waals surface area contributed by atoms with Crippen LogP contribution in [0.25, 0.3) is 0 Å². The first-order valence-electron chi connectivity index (χ1n) is 10.3. The number of hydrogen-bond acceptors (Lipinski definition) is 2. The van der Waals surface area contributed by atoms with Crippen molar-refractivity contribution in [1.29, 1.82) is 0 Å². The van der Waals surface area contributed by atoms with Crippen molar-refractivity contribution < 1.29 is 4.79 Å². The van der Waals surface area contributed by atoms with E-state index in [-0.39, 0.29) is 29.9 Å². The van der Waals surface area contributed by atoms with Crippen molar-refractivity contribution in [1.82, 2.24) is 15.5 Å². The van der Waals surface area contributed by atoms with Gasteiger partial charge in [-0.1, -0.05) is 48.0 Å². The maximum absolute atomic E-state index is 12.0. The summed E-state index contributed by atoms with van der Waals surface area (Å²) in [6, 6.07) is 16.2. The van der Waals surface area contributed by atoms with Crippen LogP contribution in [-0.4, -0.2) is 36.4 Å². The van der Waals surface area contributed by atoms with Gasteiger partial charge < -0.3 is 15.5 Å². The third-order valence-corrected chi connectivity index (χ3v) is 5.23. The normalized spacial score (nSPS) is 13.9. The van der Waals surface area contributed by atoms with Gasteiger partial charge in [0.15, 0.2) is 5.96 Å². The predicted octanol–water partition coefficient (Wildman–Crippen LogP) is 4.38. The summed E-state index contributed by atoms with van der Waals surface area (Å²) >= 11 is 6.06. The van der Waals surface area contributed by atoms with Crippen molar-refractivity contribution >= 4 is 47.4 Å². The van der Waals surface area contributed by atoms with E-state index in [2.05, 4.69) is 35.8 Å². The fraction of sp³-hybridized carbons (Fsp3) is 0.391. The predicted molar refractivity (Wildman–Crippen MR) is 134 cm³/mol. The van der Waals surface area contributed by atoms with Crippen LogP contribution < -0.4 is 10.6 Å². The number of guanidine groups is 1. The number of nitrogens with one attached hydrogen (secondary N) is 2. The topological polar surface area (TPSA) is 56.7 Å². The molecule has 1 aliphatic rings. The minimum absolute atomic E-state index is 0. The fourth-order valence-electron chi connectivity index (χ4n) is 3.47. The van der Waals surface area contributed by atoms with Crippen LogP contribution in [0, 0.1) is 0 Å². The highest BCUT2D eigenvalue weighted by Crippen LogP contribution is 2.18. The van der Waals surface area contributed by atoms with Crippen molar-refractivity contribution in [3.8, 4) is 0 Å². The zero-order chi connectivity index (χ0) is 20.5. The summed E-state index contributed by atoms with van der Waals surface area (Å²) in [6.45, 7) is 5.72. The molecule has 7 heteroatoms. The molecule has 2 aromatic carbocycles. The van der Waals surface area contributed by atoms with Crippen LogP contribution in [0.3, 0.4) is 0 Å².